The van der Waals surface area contributed by atoms with E-state index in [1.165, 1.54) is 0 Å². The summed E-state index contributed by atoms with van der Waals surface area (Å²) in [6, 6.07) is 7.20. The van der Waals surface area contributed by atoms with Crippen LogP contribution in [0.5, 0.6) is 5.75 Å². The highest BCUT2D eigenvalue weighted by atomic mass is 32.2. The highest BCUT2D eigenvalue weighted by molar-refractivity contribution is 7.87. The van der Waals surface area contributed by atoms with Crippen molar-refractivity contribution < 1.29 is 17.9 Å². The summed E-state index contributed by atoms with van der Waals surface area (Å²) >= 11 is 0. The topological polar surface area (TPSA) is 60.0 Å². The highest BCUT2D eigenvalue weighted by Crippen LogP contribution is 2.14. The Hall–Kier alpha value is -1.07. The lowest BCUT2D eigenvalue weighted by Gasteiger charge is -2.07. The predicted molar refractivity (Wildman–Crippen MR) is 71.9 cm³/mol. The van der Waals surface area contributed by atoms with Gasteiger partial charge in [0.2, 0.25) is 0 Å². The molecule has 18 heavy (non-hydrogen) atoms. The Morgan fingerprint density at radius 2 is 1.83 bits per heavy atom. The quantitative estimate of drug-likeness (QED) is 0.757. The van der Waals surface area contributed by atoms with E-state index in [4.69, 9.17) is 4.18 Å². The maximum atomic E-state index is 11.3. The molecule has 0 atom stereocenters. The molecule has 0 aliphatic heterocycles. The van der Waals surface area contributed by atoms with Gasteiger partial charge in [0.1, 0.15) is 12.3 Å². The lowest BCUT2D eigenvalue weighted by Crippen LogP contribution is -2.83. The number of benzene rings is 1. The third kappa shape index (κ3) is 5.51. The van der Waals surface area contributed by atoms with E-state index >= 15 is 0 Å². The molecule has 1 aromatic carbocycles. The summed E-state index contributed by atoms with van der Waals surface area (Å²) in [5, 5.41) is 2.24. The third-order valence-corrected chi connectivity index (χ3v) is 3.67. The lowest BCUT2D eigenvalue weighted by molar-refractivity contribution is -0.675. The van der Waals surface area contributed by atoms with Crippen molar-refractivity contribution in [3.8, 4) is 5.75 Å². The van der Waals surface area contributed by atoms with Crippen molar-refractivity contribution >= 4 is 10.1 Å². The van der Waals surface area contributed by atoms with E-state index < -0.39 is 10.1 Å². The molecule has 0 aromatic heterocycles. The molecular weight excluding hydrogens is 250 g/mol. The Morgan fingerprint density at radius 1 is 1.22 bits per heavy atom. The molecule has 0 saturated heterocycles. The minimum Gasteiger partial charge on any atom is -0.382 e. The van der Waals surface area contributed by atoms with Crippen LogP contribution in [0.2, 0.25) is 0 Å². The Balaban J connectivity index is 2.52. The Kier molecular flexibility index (Phi) is 5.62. The monoisotopic (exact) mass is 272 g/mol. The van der Waals surface area contributed by atoms with Crippen molar-refractivity contribution in [1.82, 2.24) is 0 Å². The van der Waals surface area contributed by atoms with Gasteiger partial charge < -0.3 is 9.50 Å². The minimum atomic E-state index is -3.42. The van der Waals surface area contributed by atoms with Gasteiger partial charge in [-0.15, -0.1) is 0 Å². The average molecular weight is 272 g/mol. The molecule has 2 N–H and O–H groups in total. The van der Waals surface area contributed by atoms with E-state index in [2.05, 4.69) is 19.2 Å². The zero-order valence-corrected chi connectivity index (χ0v) is 12.0. The van der Waals surface area contributed by atoms with Gasteiger partial charge in [-0.1, -0.05) is 13.8 Å². The summed E-state index contributed by atoms with van der Waals surface area (Å²) in [6.45, 7) is 7.91. The van der Waals surface area contributed by atoms with E-state index in [9.17, 15) is 8.42 Å². The van der Waals surface area contributed by atoms with E-state index in [1.807, 2.05) is 12.1 Å². The van der Waals surface area contributed by atoms with Crippen molar-refractivity contribution in [2.45, 2.75) is 27.3 Å². The zero-order valence-electron chi connectivity index (χ0n) is 11.2. The molecule has 0 fully saturated rings. The van der Waals surface area contributed by atoms with Crippen LogP contribution in [0, 0.1) is 5.92 Å². The molecule has 5 heteroatoms. The maximum absolute atomic E-state index is 11.3. The molecule has 0 aliphatic rings. The second kappa shape index (κ2) is 6.75. The standard InChI is InChI=1S/C13H21NO3S/c1-4-18(15,16)17-13-7-5-12(6-8-13)10-14-9-11(2)3/h5-8,11,14H,4,9-10H2,1-3H3/p+1. The van der Waals surface area contributed by atoms with Crippen LogP contribution in [-0.2, 0) is 16.7 Å². The first-order valence-corrected chi connectivity index (χ1v) is 7.83. The normalized spacial score (nSPS) is 11.8. The fraction of sp³-hybridized carbons (Fsp3) is 0.538. The smallest absolute Gasteiger partial charge is 0.308 e. The van der Waals surface area contributed by atoms with Crippen LogP contribution >= 0.6 is 0 Å². The third-order valence-electron chi connectivity index (χ3n) is 2.52. The Labute approximate surface area is 109 Å². The van der Waals surface area contributed by atoms with Gasteiger partial charge in [0.25, 0.3) is 0 Å². The molecule has 1 rings (SSSR count). The number of nitrogens with two attached hydrogens (primary N) is 1. The fourth-order valence-corrected chi connectivity index (χ4v) is 1.99. The first kappa shape index (κ1) is 15.0. The summed E-state index contributed by atoms with van der Waals surface area (Å²) in [4.78, 5) is 0. The number of rotatable bonds is 7. The van der Waals surface area contributed by atoms with Crippen LogP contribution in [-0.4, -0.2) is 20.7 Å². The predicted octanol–water partition coefficient (Wildman–Crippen LogP) is 1.13. The lowest BCUT2D eigenvalue weighted by atomic mass is 10.2. The molecule has 0 saturated carbocycles. The largest absolute Gasteiger partial charge is 0.382 e. The first-order valence-electron chi connectivity index (χ1n) is 6.25. The van der Waals surface area contributed by atoms with Crippen LogP contribution in [0.3, 0.4) is 0 Å². The van der Waals surface area contributed by atoms with Crippen LogP contribution < -0.4 is 9.50 Å². The van der Waals surface area contributed by atoms with Gasteiger partial charge in [0, 0.05) is 11.5 Å². The molecule has 102 valence electrons. The number of quaternary nitrogens is 1. The molecule has 0 heterocycles. The van der Waals surface area contributed by atoms with Crippen LogP contribution in [0.4, 0.5) is 0 Å². The van der Waals surface area contributed by atoms with E-state index in [-0.39, 0.29) is 5.75 Å². The molecule has 0 bridgehead atoms. The van der Waals surface area contributed by atoms with Gasteiger partial charge in [-0.3, -0.25) is 0 Å². The molecule has 0 unspecified atom stereocenters. The maximum Gasteiger partial charge on any atom is 0.308 e. The van der Waals surface area contributed by atoms with Crippen molar-refractivity contribution in [3.05, 3.63) is 29.8 Å². The van der Waals surface area contributed by atoms with Gasteiger partial charge in [-0.05, 0) is 31.2 Å². The SMILES string of the molecule is CCS(=O)(=O)Oc1ccc(C[NH2+]CC(C)C)cc1. The van der Waals surface area contributed by atoms with Crippen molar-refractivity contribution in [3.63, 3.8) is 0 Å². The molecule has 1 aromatic rings. The summed E-state index contributed by atoms with van der Waals surface area (Å²) in [7, 11) is -3.42. The molecule has 0 spiro atoms. The molecular formula is C13H22NO3S+. The number of hydrogen-bond acceptors (Lipinski definition) is 3. The van der Waals surface area contributed by atoms with Gasteiger partial charge in [0.15, 0.2) is 0 Å². The summed E-state index contributed by atoms with van der Waals surface area (Å²) in [6.07, 6.45) is 0. The van der Waals surface area contributed by atoms with E-state index in [0.29, 0.717) is 11.7 Å². The van der Waals surface area contributed by atoms with Crippen LogP contribution in [0.1, 0.15) is 26.3 Å². The van der Waals surface area contributed by atoms with Crippen molar-refractivity contribution in [2.24, 2.45) is 5.92 Å². The fourth-order valence-electron chi connectivity index (χ4n) is 1.47. The summed E-state index contributed by atoms with van der Waals surface area (Å²) in [5.41, 5.74) is 1.16. The summed E-state index contributed by atoms with van der Waals surface area (Å²) < 4.78 is 27.5. The zero-order chi connectivity index (χ0) is 13.6. The average Bonchev–Trinajstić information content (AvgIpc) is 2.31. The highest BCUT2D eigenvalue weighted by Gasteiger charge is 2.09. The molecule has 0 amide bonds. The van der Waals surface area contributed by atoms with Gasteiger partial charge >= 0.3 is 10.1 Å². The molecule has 0 aliphatic carbocycles. The number of hydrogen-bond donors (Lipinski definition) is 1. The van der Waals surface area contributed by atoms with Gasteiger partial charge in [-0.2, -0.15) is 8.42 Å². The Morgan fingerprint density at radius 3 is 2.33 bits per heavy atom. The van der Waals surface area contributed by atoms with Gasteiger partial charge in [-0.25, -0.2) is 0 Å². The second-order valence-corrected chi connectivity index (χ2v) is 6.56. The van der Waals surface area contributed by atoms with Crippen LogP contribution in [0.25, 0.3) is 0 Å². The van der Waals surface area contributed by atoms with Gasteiger partial charge in [0.05, 0.1) is 12.3 Å². The molecule has 0 radical (unpaired) electrons. The molecule has 4 nitrogen and oxygen atoms in total. The summed E-state index contributed by atoms with van der Waals surface area (Å²) in [5.74, 6) is 1.03. The van der Waals surface area contributed by atoms with E-state index in [1.54, 1.807) is 19.1 Å². The minimum absolute atomic E-state index is 0.0169. The van der Waals surface area contributed by atoms with Crippen molar-refractivity contribution in [1.29, 1.82) is 0 Å². The van der Waals surface area contributed by atoms with Crippen molar-refractivity contribution in [2.75, 3.05) is 12.3 Å². The first-order chi connectivity index (χ1) is 8.43. The van der Waals surface area contributed by atoms with Crippen LogP contribution in [0.15, 0.2) is 24.3 Å². The van der Waals surface area contributed by atoms with E-state index in [0.717, 1.165) is 18.7 Å². The second-order valence-electron chi connectivity index (χ2n) is 4.70. The Bertz CT molecular complexity index is 452.